The van der Waals surface area contributed by atoms with Gasteiger partial charge in [0.1, 0.15) is 10.8 Å². The van der Waals surface area contributed by atoms with Gasteiger partial charge in [-0.3, -0.25) is 0 Å². The molecule has 0 saturated heterocycles. The summed E-state index contributed by atoms with van der Waals surface area (Å²) >= 11 is 5.63. The monoisotopic (exact) mass is 475 g/mol. The van der Waals surface area contributed by atoms with Crippen molar-refractivity contribution in [3.05, 3.63) is 71.8 Å². The van der Waals surface area contributed by atoms with E-state index in [0.29, 0.717) is 22.2 Å². The van der Waals surface area contributed by atoms with Crippen LogP contribution in [0.2, 0.25) is 5.02 Å². The molecule has 4 aromatic rings. The second kappa shape index (κ2) is 8.69. The fraction of sp³-hybridized carbons (Fsp3) is 0.136. The number of fused-ring (bicyclic) bond motifs is 1. The van der Waals surface area contributed by atoms with E-state index in [1.165, 1.54) is 35.6 Å². The molecule has 4 rings (SSSR count). The fourth-order valence-electron chi connectivity index (χ4n) is 3.06. The highest BCUT2D eigenvalue weighted by Crippen LogP contribution is 2.38. The Bertz CT molecular complexity index is 1300. The van der Waals surface area contributed by atoms with Crippen molar-refractivity contribution < 1.29 is 13.0 Å². The largest absolute Gasteiger partial charge is 0.611 e. The molecule has 3 aromatic carbocycles. The van der Waals surface area contributed by atoms with Crippen LogP contribution in [0.1, 0.15) is 13.3 Å². The number of sulfone groups is 1. The van der Waals surface area contributed by atoms with Gasteiger partial charge in [-0.15, -0.1) is 0 Å². The zero-order chi connectivity index (χ0) is 21.3. The van der Waals surface area contributed by atoms with E-state index < -0.39 is 21.0 Å². The highest BCUT2D eigenvalue weighted by molar-refractivity contribution is 7.96. The molecule has 1 heterocycles. The van der Waals surface area contributed by atoms with Crippen LogP contribution in [0.4, 0.5) is 0 Å². The topological polar surface area (TPSA) is 70.1 Å². The standard InChI is InChI=1S/C22H18ClNO3S3/c1-2-13-29(25)22-21(30(26,27)19-11-9-18(23)10-12-19)24-20(28-22)17-8-7-15-5-3-4-6-16(15)14-17/h3-12,14H,2,13H2,1H3. The SMILES string of the molecule is CCC[S+]([O-])c1sc(-c2ccc3ccccc3c2)nc1S(=O)(=O)c1ccc(Cl)cc1. The minimum absolute atomic E-state index is 0.0806. The Morgan fingerprint density at radius 1 is 1.03 bits per heavy atom. The summed E-state index contributed by atoms with van der Waals surface area (Å²) in [5.41, 5.74) is 0.797. The minimum atomic E-state index is -3.93. The first-order valence-electron chi connectivity index (χ1n) is 9.29. The molecule has 4 nitrogen and oxygen atoms in total. The smallest absolute Gasteiger partial charge is 0.246 e. The predicted molar refractivity (Wildman–Crippen MR) is 124 cm³/mol. The lowest BCUT2D eigenvalue weighted by molar-refractivity contribution is 0.581. The lowest BCUT2D eigenvalue weighted by Crippen LogP contribution is -2.11. The van der Waals surface area contributed by atoms with E-state index >= 15 is 0 Å². The number of rotatable bonds is 6. The molecule has 0 aliphatic carbocycles. The van der Waals surface area contributed by atoms with Gasteiger partial charge < -0.3 is 4.55 Å². The first kappa shape index (κ1) is 21.3. The normalized spacial score (nSPS) is 12.9. The molecule has 0 fully saturated rings. The van der Waals surface area contributed by atoms with Crippen LogP contribution in [0, 0.1) is 0 Å². The van der Waals surface area contributed by atoms with Crippen molar-refractivity contribution in [3.8, 4) is 10.6 Å². The van der Waals surface area contributed by atoms with Gasteiger partial charge in [0.15, 0.2) is 0 Å². The van der Waals surface area contributed by atoms with E-state index in [9.17, 15) is 13.0 Å². The minimum Gasteiger partial charge on any atom is -0.611 e. The molecule has 0 bridgehead atoms. The van der Waals surface area contributed by atoms with E-state index in [-0.39, 0.29) is 14.1 Å². The average molecular weight is 476 g/mol. The van der Waals surface area contributed by atoms with Crippen molar-refractivity contribution in [3.63, 3.8) is 0 Å². The number of aromatic nitrogens is 1. The zero-order valence-electron chi connectivity index (χ0n) is 16.0. The number of halogens is 1. The van der Waals surface area contributed by atoms with Crippen LogP contribution < -0.4 is 0 Å². The molecule has 0 amide bonds. The van der Waals surface area contributed by atoms with Gasteiger partial charge in [0.2, 0.25) is 19.1 Å². The molecule has 0 aliphatic heterocycles. The molecular weight excluding hydrogens is 458 g/mol. The maximum absolute atomic E-state index is 13.3. The summed E-state index contributed by atoms with van der Waals surface area (Å²) in [4.78, 5) is 4.55. The molecule has 30 heavy (non-hydrogen) atoms. The van der Waals surface area contributed by atoms with Gasteiger partial charge in [0.25, 0.3) is 0 Å². The highest BCUT2D eigenvalue weighted by atomic mass is 35.5. The quantitative estimate of drug-likeness (QED) is 0.322. The molecular formula is C22H18ClNO3S3. The highest BCUT2D eigenvalue weighted by Gasteiger charge is 2.33. The van der Waals surface area contributed by atoms with Gasteiger partial charge in [-0.25, -0.2) is 13.4 Å². The van der Waals surface area contributed by atoms with E-state index in [1.54, 1.807) is 0 Å². The van der Waals surface area contributed by atoms with Crippen LogP contribution in [-0.4, -0.2) is 23.7 Å². The summed E-state index contributed by atoms with van der Waals surface area (Å²) in [7, 11) is -3.93. The predicted octanol–water partition coefficient (Wildman–Crippen LogP) is 5.97. The molecule has 154 valence electrons. The second-order valence-electron chi connectivity index (χ2n) is 6.68. The maximum atomic E-state index is 13.3. The lowest BCUT2D eigenvalue weighted by Gasteiger charge is -2.09. The van der Waals surface area contributed by atoms with Crippen molar-refractivity contribution in [1.82, 2.24) is 4.98 Å². The molecule has 0 aliphatic rings. The first-order chi connectivity index (χ1) is 14.4. The van der Waals surface area contributed by atoms with Crippen molar-refractivity contribution in [2.75, 3.05) is 5.75 Å². The summed E-state index contributed by atoms with van der Waals surface area (Å²) in [5, 5.41) is 2.96. The number of nitrogens with zero attached hydrogens (tertiary/aromatic N) is 1. The van der Waals surface area contributed by atoms with Gasteiger partial charge >= 0.3 is 0 Å². The first-order valence-corrected chi connectivity index (χ1v) is 13.3. The Morgan fingerprint density at radius 3 is 2.43 bits per heavy atom. The number of hydrogen-bond donors (Lipinski definition) is 0. The van der Waals surface area contributed by atoms with Crippen LogP contribution in [0.15, 0.2) is 80.9 Å². The van der Waals surface area contributed by atoms with Crippen LogP contribution in [0.25, 0.3) is 21.3 Å². The molecule has 0 radical (unpaired) electrons. The second-order valence-corrected chi connectivity index (χ2v) is 11.7. The Labute approximate surface area is 187 Å². The number of thiazole rings is 1. The van der Waals surface area contributed by atoms with Gasteiger partial charge in [-0.2, -0.15) is 0 Å². The number of benzene rings is 3. The fourth-order valence-corrected chi connectivity index (χ4v) is 7.79. The van der Waals surface area contributed by atoms with Crippen molar-refractivity contribution >= 4 is 54.7 Å². The summed E-state index contributed by atoms with van der Waals surface area (Å²) < 4.78 is 39.7. The van der Waals surface area contributed by atoms with Crippen molar-refractivity contribution in [2.24, 2.45) is 0 Å². The molecule has 1 aromatic heterocycles. The Morgan fingerprint density at radius 2 is 1.73 bits per heavy atom. The molecule has 0 N–H and O–H groups in total. The van der Waals surface area contributed by atoms with Gasteiger partial charge in [-0.1, -0.05) is 66.3 Å². The van der Waals surface area contributed by atoms with Crippen molar-refractivity contribution in [1.29, 1.82) is 0 Å². The van der Waals surface area contributed by atoms with Crippen LogP contribution in [-0.2, 0) is 21.0 Å². The third-order valence-electron chi connectivity index (χ3n) is 4.54. The number of hydrogen-bond acceptors (Lipinski definition) is 5. The summed E-state index contributed by atoms with van der Waals surface area (Å²) in [6, 6.07) is 19.7. The van der Waals surface area contributed by atoms with E-state index in [0.717, 1.165) is 16.3 Å². The Hall–Kier alpha value is -1.90. The van der Waals surface area contributed by atoms with Gasteiger partial charge in [0.05, 0.1) is 4.90 Å². The Kier molecular flexibility index (Phi) is 6.18. The van der Waals surface area contributed by atoms with Crippen molar-refractivity contribution in [2.45, 2.75) is 27.5 Å². The third kappa shape index (κ3) is 4.13. The molecule has 8 heteroatoms. The van der Waals surface area contributed by atoms with Crippen LogP contribution in [0.3, 0.4) is 0 Å². The van der Waals surface area contributed by atoms with Crippen LogP contribution >= 0.6 is 22.9 Å². The maximum Gasteiger partial charge on any atom is 0.246 e. The van der Waals surface area contributed by atoms with Gasteiger partial charge in [0, 0.05) is 10.6 Å². The summed E-state index contributed by atoms with van der Waals surface area (Å²) in [5.74, 6) is 0.377. The van der Waals surface area contributed by atoms with E-state index in [4.69, 9.17) is 11.6 Å². The third-order valence-corrected chi connectivity index (χ3v) is 9.84. The average Bonchev–Trinajstić information content (AvgIpc) is 3.20. The summed E-state index contributed by atoms with van der Waals surface area (Å²) in [6.07, 6.45) is 0.677. The van der Waals surface area contributed by atoms with Crippen LogP contribution in [0.5, 0.6) is 0 Å². The molecule has 1 unspecified atom stereocenters. The zero-order valence-corrected chi connectivity index (χ0v) is 19.2. The molecule has 0 spiro atoms. The Balaban J connectivity index is 1.86. The van der Waals surface area contributed by atoms with E-state index in [2.05, 4.69) is 4.98 Å². The van der Waals surface area contributed by atoms with E-state index in [1.807, 2.05) is 49.4 Å². The summed E-state index contributed by atoms with van der Waals surface area (Å²) in [6.45, 7) is 1.91. The molecule has 1 atom stereocenters. The molecule has 0 saturated carbocycles. The lowest BCUT2D eigenvalue weighted by atomic mass is 10.1. The van der Waals surface area contributed by atoms with Gasteiger partial charge in [-0.05, 0) is 58.7 Å².